The molecule has 0 spiro atoms. The van der Waals surface area contributed by atoms with E-state index >= 15 is 0 Å². The summed E-state index contributed by atoms with van der Waals surface area (Å²) in [6.07, 6.45) is 3.27. The molecule has 1 aliphatic heterocycles. The predicted octanol–water partition coefficient (Wildman–Crippen LogP) is 3.03. The number of nitrogens with zero attached hydrogens (tertiary/aromatic N) is 1. The average Bonchev–Trinajstić information content (AvgIpc) is 2.50. The Labute approximate surface area is 136 Å². The Kier molecular flexibility index (Phi) is 6.11. The minimum Gasteiger partial charge on any atom is -0.381 e. The lowest BCUT2D eigenvalue weighted by Crippen LogP contribution is -2.30. The van der Waals surface area contributed by atoms with E-state index in [0.29, 0.717) is 25.2 Å². The summed E-state index contributed by atoms with van der Waals surface area (Å²) in [5, 5.41) is 0. The molecule has 0 radical (unpaired) electrons. The minimum atomic E-state index is -3.46. The van der Waals surface area contributed by atoms with E-state index in [-0.39, 0.29) is 24.6 Å². The molecule has 4 nitrogen and oxygen atoms in total. The van der Waals surface area contributed by atoms with Crippen molar-refractivity contribution in [2.75, 3.05) is 26.0 Å². The predicted molar refractivity (Wildman–Crippen MR) is 84.7 cm³/mol. The first-order chi connectivity index (χ1) is 10.8. The normalized spacial score (nSPS) is 19.3. The fourth-order valence-corrected chi connectivity index (χ4v) is 3.71. The van der Waals surface area contributed by atoms with Crippen LogP contribution >= 0.6 is 0 Å². The third-order valence-corrected chi connectivity index (χ3v) is 5.30. The molecule has 0 bridgehead atoms. The van der Waals surface area contributed by atoms with Crippen molar-refractivity contribution in [3.63, 3.8) is 0 Å². The summed E-state index contributed by atoms with van der Waals surface area (Å²) in [5.74, 6) is -1.22. The van der Waals surface area contributed by atoms with Crippen LogP contribution in [-0.4, -0.2) is 38.7 Å². The van der Waals surface area contributed by atoms with E-state index in [2.05, 4.69) is 0 Å². The Morgan fingerprint density at radius 3 is 2.61 bits per heavy atom. The van der Waals surface area contributed by atoms with Crippen LogP contribution in [0.3, 0.4) is 0 Å². The van der Waals surface area contributed by atoms with Gasteiger partial charge in [-0.05, 0) is 37.0 Å². The zero-order chi connectivity index (χ0) is 17.0. The SMILES string of the molecule is CCCN(Cc1cc(F)c([C@@H]2CCCOC2)cc1F)S(C)(=O)=O. The largest absolute Gasteiger partial charge is 0.381 e. The molecule has 1 fully saturated rings. The molecular formula is C16H23F2NO3S. The van der Waals surface area contributed by atoms with Gasteiger partial charge in [-0.2, -0.15) is 4.31 Å². The summed E-state index contributed by atoms with van der Waals surface area (Å²) in [6.45, 7) is 3.00. The third-order valence-electron chi connectivity index (χ3n) is 4.05. The summed E-state index contributed by atoms with van der Waals surface area (Å²) in [6, 6.07) is 2.31. The summed E-state index contributed by atoms with van der Waals surface area (Å²) < 4.78 is 58.6. The Morgan fingerprint density at radius 2 is 2.04 bits per heavy atom. The van der Waals surface area contributed by atoms with E-state index in [0.717, 1.165) is 29.5 Å². The second-order valence-corrected chi connectivity index (χ2v) is 7.96. The lowest BCUT2D eigenvalue weighted by Gasteiger charge is -2.24. The van der Waals surface area contributed by atoms with Gasteiger partial charge in [-0.25, -0.2) is 17.2 Å². The number of hydrogen-bond acceptors (Lipinski definition) is 3. The molecule has 7 heteroatoms. The van der Waals surface area contributed by atoms with Gasteiger partial charge in [0.1, 0.15) is 11.6 Å². The van der Waals surface area contributed by atoms with E-state index in [9.17, 15) is 17.2 Å². The van der Waals surface area contributed by atoms with Crippen molar-refractivity contribution >= 4 is 10.0 Å². The van der Waals surface area contributed by atoms with Gasteiger partial charge in [0.2, 0.25) is 10.0 Å². The van der Waals surface area contributed by atoms with Gasteiger partial charge in [0.05, 0.1) is 12.9 Å². The van der Waals surface area contributed by atoms with E-state index in [1.807, 2.05) is 6.92 Å². The van der Waals surface area contributed by atoms with E-state index < -0.39 is 21.7 Å². The van der Waals surface area contributed by atoms with E-state index in [1.54, 1.807) is 0 Å². The van der Waals surface area contributed by atoms with Crippen LogP contribution in [0.15, 0.2) is 12.1 Å². The summed E-state index contributed by atoms with van der Waals surface area (Å²) >= 11 is 0. The minimum absolute atomic E-state index is 0.0573. The highest BCUT2D eigenvalue weighted by molar-refractivity contribution is 7.88. The van der Waals surface area contributed by atoms with E-state index in [4.69, 9.17) is 4.74 Å². The van der Waals surface area contributed by atoms with Gasteiger partial charge < -0.3 is 4.74 Å². The molecule has 0 amide bonds. The van der Waals surface area contributed by atoms with Gasteiger partial charge in [0.25, 0.3) is 0 Å². The molecule has 1 aliphatic rings. The second kappa shape index (κ2) is 7.68. The standard InChI is InChI=1S/C16H23F2NO3S/c1-3-6-19(23(2,20)21)10-13-8-16(18)14(9-15(13)17)12-5-4-7-22-11-12/h8-9,12H,3-7,10-11H2,1-2H3/t12-/m1/s1. The van der Waals surface area contributed by atoms with Gasteiger partial charge >= 0.3 is 0 Å². The number of hydrogen-bond donors (Lipinski definition) is 0. The molecule has 23 heavy (non-hydrogen) atoms. The summed E-state index contributed by atoms with van der Waals surface area (Å²) in [5.41, 5.74) is 0.370. The molecule has 0 aliphatic carbocycles. The first-order valence-electron chi connectivity index (χ1n) is 7.83. The lowest BCUT2D eigenvalue weighted by molar-refractivity contribution is 0.0793. The number of halogens is 2. The van der Waals surface area contributed by atoms with Gasteiger partial charge in [-0.1, -0.05) is 6.92 Å². The highest BCUT2D eigenvalue weighted by Gasteiger charge is 2.23. The lowest BCUT2D eigenvalue weighted by atomic mass is 9.92. The van der Waals surface area contributed by atoms with Crippen LogP contribution in [-0.2, 0) is 21.3 Å². The molecule has 130 valence electrons. The maximum atomic E-state index is 14.4. The zero-order valence-corrected chi connectivity index (χ0v) is 14.3. The Balaban J connectivity index is 2.25. The van der Waals surface area contributed by atoms with Gasteiger partial charge in [-0.3, -0.25) is 0 Å². The topological polar surface area (TPSA) is 46.6 Å². The highest BCUT2D eigenvalue weighted by atomic mass is 32.2. The van der Waals surface area contributed by atoms with Crippen molar-refractivity contribution in [3.8, 4) is 0 Å². The Bertz CT molecular complexity index is 643. The molecule has 1 saturated heterocycles. The first kappa shape index (κ1) is 18.3. The Hall–Kier alpha value is -1.05. The van der Waals surface area contributed by atoms with Crippen molar-refractivity contribution in [1.29, 1.82) is 0 Å². The molecule has 0 saturated carbocycles. The van der Waals surface area contributed by atoms with Crippen molar-refractivity contribution in [1.82, 2.24) is 4.31 Å². The average molecular weight is 347 g/mol. The molecule has 2 rings (SSSR count). The van der Waals surface area contributed by atoms with Crippen LogP contribution in [0.1, 0.15) is 43.2 Å². The second-order valence-electron chi connectivity index (χ2n) is 5.98. The van der Waals surface area contributed by atoms with Crippen molar-refractivity contribution in [2.45, 2.75) is 38.6 Å². The highest BCUT2D eigenvalue weighted by Crippen LogP contribution is 2.29. The van der Waals surface area contributed by atoms with E-state index in [1.165, 1.54) is 6.07 Å². The maximum absolute atomic E-state index is 14.4. The van der Waals surface area contributed by atoms with Gasteiger partial charge in [-0.15, -0.1) is 0 Å². The number of sulfonamides is 1. The molecule has 1 atom stereocenters. The van der Waals surface area contributed by atoms with Crippen LogP contribution in [0, 0.1) is 11.6 Å². The fourth-order valence-electron chi connectivity index (χ4n) is 2.82. The van der Waals surface area contributed by atoms with Crippen LogP contribution in [0.2, 0.25) is 0 Å². The van der Waals surface area contributed by atoms with Gasteiger partial charge in [0, 0.05) is 31.2 Å². The Morgan fingerprint density at radius 1 is 1.30 bits per heavy atom. The quantitative estimate of drug-likeness (QED) is 0.795. The molecule has 0 unspecified atom stereocenters. The summed E-state index contributed by atoms with van der Waals surface area (Å²) in [7, 11) is -3.46. The fraction of sp³-hybridized carbons (Fsp3) is 0.625. The molecule has 1 aromatic rings. The van der Waals surface area contributed by atoms with Crippen LogP contribution in [0.5, 0.6) is 0 Å². The smallest absolute Gasteiger partial charge is 0.211 e. The monoisotopic (exact) mass is 347 g/mol. The number of benzene rings is 1. The molecule has 1 heterocycles. The molecule has 1 aromatic carbocycles. The maximum Gasteiger partial charge on any atom is 0.211 e. The van der Waals surface area contributed by atoms with Crippen molar-refractivity contribution in [3.05, 3.63) is 34.9 Å². The van der Waals surface area contributed by atoms with Crippen LogP contribution in [0.25, 0.3) is 0 Å². The van der Waals surface area contributed by atoms with Crippen molar-refractivity contribution < 1.29 is 21.9 Å². The van der Waals surface area contributed by atoms with Crippen LogP contribution < -0.4 is 0 Å². The first-order valence-corrected chi connectivity index (χ1v) is 9.68. The molecule has 0 N–H and O–H groups in total. The number of ether oxygens (including phenoxy) is 1. The van der Waals surface area contributed by atoms with Gasteiger partial charge in [0.15, 0.2) is 0 Å². The van der Waals surface area contributed by atoms with Crippen molar-refractivity contribution in [2.24, 2.45) is 0 Å². The molecule has 0 aromatic heterocycles. The zero-order valence-electron chi connectivity index (χ0n) is 13.5. The third kappa shape index (κ3) is 4.71. The number of rotatable bonds is 6. The van der Waals surface area contributed by atoms with Crippen LogP contribution in [0.4, 0.5) is 8.78 Å². The molecular weight excluding hydrogens is 324 g/mol. The summed E-state index contributed by atoms with van der Waals surface area (Å²) in [4.78, 5) is 0.